The first kappa shape index (κ1) is 23.3. The van der Waals surface area contributed by atoms with Crippen LogP contribution in [0.25, 0.3) is 11.1 Å². The third-order valence-electron chi connectivity index (χ3n) is 4.32. The molecule has 0 spiro atoms. The molecule has 5 N–H and O–H groups in total. The lowest BCUT2D eigenvalue weighted by molar-refractivity contribution is -0.138. The molecule has 0 bridgehead atoms. The summed E-state index contributed by atoms with van der Waals surface area (Å²) in [5.41, 5.74) is 8.88. The van der Waals surface area contributed by atoms with Gasteiger partial charge in [-0.3, -0.25) is 4.79 Å². The lowest BCUT2D eigenvalue weighted by Gasteiger charge is -2.17. The molecule has 1 amide bonds. The average molecular weight is 434 g/mol. The number of hydrogen-bond acceptors (Lipinski definition) is 6. The zero-order valence-electron chi connectivity index (χ0n) is 16.3. The molecule has 0 aromatic heterocycles. The monoisotopic (exact) mass is 433 g/mol. The second kappa shape index (κ2) is 11.9. The van der Waals surface area contributed by atoms with E-state index in [1.165, 1.54) is 11.8 Å². The number of carboxylic acid groups (broad SMARTS) is 1. The highest BCUT2D eigenvalue weighted by atomic mass is 32.2. The molecule has 6 nitrogen and oxygen atoms in total. The quantitative estimate of drug-likeness (QED) is 0.348. The van der Waals surface area contributed by atoms with Gasteiger partial charge in [0.25, 0.3) is 5.91 Å². The van der Waals surface area contributed by atoms with E-state index in [1.54, 1.807) is 12.3 Å². The number of nitrogens with two attached hydrogens (primary N) is 1. The molecule has 2 atom stereocenters. The van der Waals surface area contributed by atoms with Crippen molar-refractivity contribution in [3.05, 3.63) is 59.7 Å². The van der Waals surface area contributed by atoms with Crippen molar-refractivity contribution in [2.24, 2.45) is 5.73 Å². The van der Waals surface area contributed by atoms with Crippen molar-refractivity contribution >= 4 is 36.3 Å². The lowest BCUT2D eigenvalue weighted by atomic mass is 9.96. The molecule has 8 heteroatoms. The third kappa shape index (κ3) is 7.08. The molecule has 2 rings (SSSR count). The number of hydrogen-bond donors (Lipinski definition) is 5. The number of amides is 1. The van der Waals surface area contributed by atoms with Gasteiger partial charge in [0.05, 0.1) is 0 Å². The number of carbonyl (C=O) groups is 2. The van der Waals surface area contributed by atoms with E-state index in [4.69, 9.17) is 5.73 Å². The normalized spacial score (nSPS) is 12.9. The predicted octanol–water partition coefficient (Wildman–Crippen LogP) is 2.25. The topological polar surface area (TPSA) is 104 Å². The summed E-state index contributed by atoms with van der Waals surface area (Å²) in [6, 6.07) is 14.2. The zero-order chi connectivity index (χ0) is 21.2. The molecule has 0 saturated carbocycles. The van der Waals surface area contributed by atoms with Crippen LogP contribution in [0.15, 0.2) is 48.5 Å². The van der Waals surface area contributed by atoms with Crippen LogP contribution >= 0.6 is 24.4 Å². The highest BCUT2D eigenvalue weighted by Gasteiger charge is 2.22. The van der Waals surface area contributed by atoms with Crippen molar-refractivity contribution in [3.63, 3.8) is 0 Å². The Kier molecular flexibility index (Phi) is 9.53. The maximum absolute atomic E-state index is 13.0. The van der Waals surface area contributed by atoms with Gasteiger partial charge in [0.15, 0.2) is 0 Å². The Morgan fingerprint density at radius 3 is 2.55 bits per heavy atom. The van der Waals surface area contributed by atoms with Gasteiger partial charge in [-0.05, 0) is 29.0 Å². The predicted molar refractivity (Wildman–Crippen MR) is 123 cm³/mol. The molecule has 0 heterocycles. The van der Waals surface area contributed by atoms with Gasteiger partial charge in [-0.15, -0.1) is 0 Å². The number of carbonyl (C=O) groups excluding carboxylic acids is 1. The molecule has 0 saturated heterocycles. The summed E-state index contributed by atoms with van der Waals surface area (Å²) >= 11 is 5.54. The largest absolute Gasteiger partial charge is 0.480 e. The van der Waals surface area contributed by atoms with E-state index in [2.05, 4.69) is 23.3 Å². The van der Waals surface area contributed by atoms with E-state index >= 15 is 0 Å². The molecule has 0 aliphatic carbocycles. The van der Waals surface area contributed by atoms with Gasteiger partial charge in [0.2, 0.25) is 0 Å². The van der Waals surface area contributed by atoms with Crippen LogP contribution in [0.4, 0.5) is 0 Å². The minimum Gasteiger partial charge on any atom is -0.480 e. The number of carboxylic acids is 1. The summed E-state index contributed by atoms with van der Waals surface area (Å²) in [5, 5.41) is 15.3. The number of thioether (sulfide) groups is 1. The number of aliphatic carboxylic acids is 1. The van der Waals surface area contributed by atoms with Crippen LogP contribution in [0.1, 0.15) is 15.9 Å². The number of rotatable bonds is 11. The molecule has 0 unspecified atom stereocenters. The van der Waals surface area contributed by atoms with E-state index in [0.29, 0.717) is 30.2 Å². The highest BCUT2D eigenvalue weighted by Crippen LogP contribution is 2.25. The SMILES string of the molecule is CSC[C@H](NC(=O)c1cc(CNC[C@@H](N)CS)ccc1-c1ccccc1)C(=O)O. The Morgan fingerprint density at radius 1 is 1.21 bits per heavy atom. The van der Waals surface area contributed by atoms with Gasteiger partial charge in [-0.25, -0.2) is 4.79 Å². The Bertz CT molecular complexity index is 818. The van der Waals surface area contributed by atoms with Crippen molar-refractivity contribution in [3.8, 4) is 11.1 Å². The number of thiol groups is 1. The first-order valence-corrected chi connectivity index (χ1v) is 11.3. The summed E-state index contributed by atoms with van der Waals surface area (Å²) in [5.74, 6) is -0.573. The van der Waals surface area contributed by atoms with Crippen LogP contribution in [0.3, 0.4) is 0 Å². The van der Waals surface area contributed by atoms with Gasteiger partial charge in [-0.1, -0.05) is 42.5 Å². The molecule has 2 aromatic rings. The lowest BCUT2D eigenvalue weighted by Crippen LogP contribution is -2.42. The minimum atomic E-state index is -1.05. The summed E-state index contributed by atoms with van der Waals surface area (Å²) in [4.78, 5) is 24.4. The molecule has 0 fully saturated rings. The summed E-state index contributed by atoms with van der Waals surface area (Å²) in [7, 11) is 0. The molecule has 29 heavy (non-hydrogen) atoms. The van der Waals surface area contributed by atoms with Gasteiger partial charge in [0.1, 0.15) is 6.04 Å². The molecular weight excluding hydrogens is 406 g/mol. The van der Waals surface area contributed by atoms with E-state index in [9.17, 15) is 14.7 Å². The zero-order valence-corrected chi connectivity index (χ0v) is 18.0. The average Bonchev–Trinajstić information content (AvgIpc) is 2.73. The van der Waals surface area contributed by atoms with Crippen LogP contribution < -0.4 is 16.4 Å². The Balaban J connectivity index is 2.30. The van der Waals surface area contributed by atoms with Crippen LogP contribution in [-0.4, -0.2) is 53.4 Å². The summed E-state index contributed by atoms with van der Waals surface area (Å²) in [6.45, 7) is 1.16. The first-order valence-electron chi connectivity index (χ1n) is 9.24. The fourth-order valence-corrected chi connectivity index (χ4v) is 3.49. The second-order valence-electron chi connectivity index (χ2n) is 6.64. The molecular formula is C21H27N3O3S2. The maximum Gasteiger partial charge on any atom is 0.327 e. The Hall–Kier alpha value is -2.00. The van der Waals surface area contributed by atoms with Crippen LogP contribution in [0.2, 0.25) is 0 Å². The molecule has 156 valence electrons. The van der Waals surface area contributed by atoms with E-state index in [0.717, 1.165) is 16.7 Å². The van der Waals surface area contributed by atoms with Crippen molar-refractivity contribution in [2.45, 2.75) is 18.6 Å². The Labute approximate surface area is 181 Å². The smallest absolute Gasteiger partial charge is 0.327 e. The van der Waals surface area contributed by atoms with Crippen molar-refractivity contribution in [1.82, 2.24) is 10.6 Å². The van der Waals surface area contributed by atoms with Crippen molar-refractivity contribution in [1.29, 1.82) is 0 Å². The fourth-order valence-electron chi connectivity index (χ4n) is 2.80. The van der Waals surface area contributed by atoms with Crippen molar-refractivity contribution in [2.75, 3.05) is 24.3 Å². The molecule has 2 aromatic carbocycles. The van der Waals surface area contributed by atoms with Gasteiger partial charge >= 0.3 is 5.97 Å². The number of benzene rings is 2. The van der Waals surface area contributed by atoms with Crippen LogP contribution in [-0.2, 0) is 11.3 Å². The molecule has 0 radical (unpaired) electrons. The third-order valence-corrected chi connectivity index (χ3v) is 5.46. The van der Waals surface area contributed by atoms with Crippen LogP contribution in [0.5, 0.6) is 0 Å². The Morgan fingerprint density at radius 2 is 1.93 bits per heavy atom. The standard InChI is InChI=1S/C21H27N3O3S2/c1-29-13-19(21(26)27)24-20(25)18-9-14(10-23-11-16(22)12-28)7-8-17(18)15-5-3-2-4-6-15/h2-9,16,19,23,28H,10-13,22H2,1H3,(H,24,25)(H,26,27)/t16-,19+/m1/s1. The van der Waals surface area contributed by atoms with Gasteiger partial charge in [0, 0.05) is 36.2 Å². The van der Waals surface area contributed by atoms with E-state index in [1.807, 2.05) is 42.5 Å². The summed E-state index contributed by atoms with van der Waals surface area (Å²) in [6.07, 6.45) is 1.80. The minimum absolute atomic E-state index is 0.0486. The highest BCUT2D eigenvalue weighted by molar-refractivity contribution is 7.98. The van der Waals surface area contributed by atoms with Gasteiger partial charge in [-0.2, -0.15) is 24.4 Å². The van der Waals surface area contributed by atoms with Gasteiger partial charge < -0.3 is 21.5 Å². The second-order valence-corrected chi connectivity index (χ2v) is 7.91. The van der Waals surface area contributed by atoms with Crippen molar-refractivity contribution < 1.29 is 14.7 Å². The summed E-state index contributed by atoms with van der Waals surface area (Å²) < 4.78 is 0. The fraction of sp³-hybridized carbons (Fsp3) is 0.333. The van der Waals surface area contributed by atoms with E-state index < -0.39 is 17.9 Å². The number of nitrogens with one attached hydrogen (secondary N) is 2. The molecule has 0 aliphatic rings. The van der Waals surface area contributed by atoms with Crippen LogP contribution in [0, 0.1) is 0 Å². The van der Waals surface area contributed by atoms with E-state index in [-0.39, 0.29) is 6.04 Å². The maximum atomic E-state index is 13.0. The molecule has 0 aliphatic heterocycles. The first-order chi connectivity index (χ1) is 14.0.